The summed E-state index contributed by atoms with van der Waals surface area (Å²) >= 11 is 5.80. The molecular formula is C16H17ClF2N2. The highest BCUT2D eigenvalue weighted by atomic mass is 35.5. The second kappa shape index (κ2) is 7.48. The average molecular weight is 311 g/mol. The first-order chi connectivity index (χ1) is 10.1. The quantitative estimate of drug-likeness (QED) is 0.860. The number of nitrogens with one attached hydrogen (secondary N) is 1. The lowest BCUT2D eigenvalue weighted by Crippen LogP contribution is -2.25. The number of halogens is 3. The zero-order chi connectivity index (χ0) is 15.2. The molecule has 1 aromatic carbocycles. The smallest absolute Gasteiger partial charge is 0.146 e. The van der Waals surface area contributed by atoms with Crippen LogP contribution in [0, 0.1) is 11.6 Å². The summed E-state index contributed by atoms with van der Waals surface area (Å²) in [4.78, 5) is 3.75. The fourth-order valence-corrected chi connectivity index (χ4v) is 2.40. The number of aromatic nitrogens is 1. The van der Waals surface area contributed by atoms with Gasteiger partial charge in [0, 0.05) is 17.8 Å². The molecule has 112 valence electrons. The van der Waals surface area contributed by atoms with E-state index in [1.807, 2.05) is 6.92 Å². The molecule has 0 bridgehead atoms. The van der Waals surface area contributed by atoms with Gasteiger partial charge in [0.15, 0.2) is 0 Å². The van der Waals surface area contributed by atoms with E-state index >= 15 is 0 Å². The maximum Gasteiger partial charge on any atom is 0.146 e. The third-order valence-corrected chi connectivity index (χ3v) is 3.57. The molecule has 0 saturated heterocycles. The maximum absolute atomic E-state index is 14.0. The van der Waals surface area contributed by atoms with E-state index < -0.39 is 11.6 Å². The minimum Gasteiger partial charge on any atom is -0.310 e. The molecule has 0 saturated carbocycles. The predicted octanol–water partition coefficient (Wildman–Crippen LogP) is 4.30. The van der Waals surface area contributed by atoms with Gasteiger partial charge in [-0.2, -0.15) is 0 Å². The van der Waals surface area contributed by atoms with Crippen LogP contribution in [-0.4, -0.2) is 11.5 Å². The van der Waals surface area contributed by atoms with Crippen LogP contribution in [-0.2, 0) is 6.42 Å². The highest BCUT2D eigenvalue weighted by molar-refractivity contribution is 6.30. The number of hydrogen-bond acceptors (Lipinski definition) is 2. The number of pyridine rings is 1. The molecular weight excluding hydrogens is 294 g/mol. The number of rotatable bonds is 6. The highest BCUT2D eigenvalue weighted by Gasteiger charge is 2.18. The molecule has 2 rings (SSSR count). The van der Waals surface area contributed by atoms with Crippen molar-refractivity contribution >= 4 is 11.6 Å². The molecule has 1 N–H and O–H groups in total. The number of benzene rings is 1. The lowest BCUT2D eigenvalue weighted by Gasteiger charge is -2.20. The van der Waals surface area contributed by atoms with Crippen LogP contribution in [0.25, 0.3) is 0 Å². The van der Waals surface area contributed by atoms with Crippen LogP contribution in [0.3, 0.4) is 0 Å². The lowest BCUT2D eigenvalue weighted by atomic mass is 9.98. The molecule has 1 heterocycles. The first-order valence-electron chi connectivity index (χ1n) is 6.89. The average Bonchev–Trinajstić information content (AvgIpc) is 2.48. The molecule has 21 heavy (non-hydrogen) atoms. The predicted molar refractivity (Wildman–Crippen MR) is 80.3 cm³/mol. The summed E-state index contributed by atoms with van der Waals surface area (Å²) in [7, 11) is 0. The Balaban J connectivity index is 2.28. The molecule has 0 aliphatic carbocycles. The Morgan fingerprint density at radius 3 is 2.81 bits per heavy atom. The summed E-state index contributed by atoms with van der Waals surface area (Å²) in [5, 5.41) is 3.32. The first kappa shape index (κ1) is 15.9. The molecule has 0 fully saturated rings. The standard InChI is InChI=1S/C16H17ClF2N2/c1-2-7-21-15(12-6-8-20-10-14(12)18)9-11-4-3-5-13(17)16(11)19/h3-6,8,10,15,21H,2,7,9H2,1H3. The Hall–Kier alpha value is -1.52. The summed E-state index contributed by atoms with van der Waals surface area (Å²) < 4.78 is 28.0. The minimum atomic E-state index is -0.447. The third-order valence-electron chi connectivity index (χ3n) is 3.28. The van der Waals surface area contributed by atoms with Gasteiger partial charge in [-0.1, -0.05) is 30.7 Å². The summed E-state index contributed by atoms with van der Waals surface area (Å²) in [5.41, 5.74) is 0.949. The number of nitrogens with zero attached hydrogens (tertiary/aromatic N) is 1. The van der Waals surface area contributed by atoms with Gasteiger partial charge in [0.2, 0.25) is 0 Å². The molecule has 0 aliphatic heterocycles. The zero-order valence-electron chi connectivity index (χ0n) is 11.7. The van der Waals surface area contributed by atoms with Crippen molar-refractivity contribution < 1.29 is 8.78 Å². The van der Waals surface area contributed by atoms with Gasteiger partial charge in [0.1, 0.15) is 11.6 Å². The van der Waals surface area contributed by atoms with Gasteiger partial charge < -0.3 is 5.32 Å². The van der Waals surface area contributed by atoms with Crippen LogP contribution in [0.4, 0.5) is 8.78 Å². The molecule has 1 aromatic heterocycles. The molecule has 0 aliphatic rings. The molecule has 2 aromatic rings. The van der Waals surface area contributed by atoms with E-state index in [0.29, 0.717) is 24.1 Å². The van der Waals surface area contributed by atoms with Crippen molar-refractivity contribution in [1.29, 1.82) is 0 Å². The van der Waals surface area contributed by atoms with E-state index in [0.717, 1.165) is 6.42 Å². The van der Waals surface area contributed by atoms with Gasteiger partial charge in [-0.05, 0) is 37.1 Å². The Morgan fingerprint density at radius 2 is 2.10 bits per heavy atom. The van der Waals surface area contributed by atoms with Crippen LogP contribution in [0.2, 0.25) is 5.02 Å². The Bertz CT molecular complexity index is 605. The molecule has 0 radical (unpaired) electrons. The van der Waals surface area contributed by atoms with E-state index in [1.165, 1.54) is 18.5 Å². The monoisotopic (exact) mass is 310 g/mol. The fraction of sp³-hybridized carbons (Fsp3) is 0.312. The van der Waals surface area contributed by atoms with Crippen molar-refractivity contribution in [2.24, 2.45) is 0 Å². The Kier molecular flexibility index (Phi) is 5.65. The molecule has 1 unspecified atom stereocenters. The normalized spacial score (nSPS) is 12.4. The van der Waals surface area contributed by atoms with Crippen LogP contribution in [0.15, 0.2) is 36.7 Å². The zero-order valence-corrected chi connectivity index (χ0v) is 12.5. The maximum atomic E-state index is 14.0. The summed E-state index contributed by atoms with van der Waals surface area (Å²) in [6.45, 7) is 2.74. The lowest BCUT2D eigenvalue weighted by molar-refractivity contribution is 0.485. The molecule has 0 spiro atoms. The van der Waals surface area contributed by atoms with Crippen LogP contribution in [0.5, 0.6) is 0 Å². The summed E-state index contributed by atoms with van der Waals surface area (Å²) in [6, 6.07) is 6.16. The minimum absolute atomic E-state index is 0.0805. The van der Waals surface area contributed by atoms with E-state index in [1.54, 1.807) is 18.2 Å². The van der Waals surface area contributed by atoms with Crippen molar-refractivity contribution in [2.45, 2.75) is 25.8 Å². The van der Waals surface area contributed by atoms with E-state index in [4.69, 9.17) is 11.6 Å². The summed E-state index contributed by atoms with van der Waals surface area (Å²) in [5.74, 6) is -0.842. The fourth-order valence-electron chi connectivity index (χ4n) is 2.21. The first-order valence-corrected chi connectivity index (χ1v) is 7.27. The van der Waals surface area contributed by atoms with Gasteiger partial charge in [-0.25, -0.2) is 8.78 Å². The van der Waals surface area contributed by atoms with Crippen molar-refractivity contribution in [3.63, 3.8) is 0 Å². The Labute approximate surface area is 128 Å². The van der Waals surface area contributed by atoms with Crippen LogP contribution < -0.4 is 5.32 Å². The van der Waals surface area contributed by atoms with Crippen molar-refractivity contribution in [1.82, 2.24) is 10.3 Å². The van der Waals surface area contributed by atoms with Crippen molar-refractivity contribution in [3.05, 3.63) is 64.4 Å². The van der Waals surface area contributed by atoms with Gasteiger partial charge in [-0.3, -0.25) is 4.98 Å². The molecule has 1 atom stereocenters. The Morgan fingerprint density at radius 1 is 1.29 bits per heavy atom. The number of hydrogen-bond donors (Lipinski definition) is 1. The highest BCUT2D eigenvalue weighted by Crippen LogP contribution is 2.25. The topological polar surface area (TPSA) is 24.9 Å². The molecule has 0 amide bonds. The SMILES string of the molecule is CCCNC(Cc1cccc(Cl)c1F)c1ccncc1F. The van der Waals surface area contributed by atoms with Crippen LogP contribution >= 0.6 is 11.6 Å². The van der Waals surface area contributed by atoms with Crippen molar-refractivity contribution in [2.75, 3.05) is 6.54 Å². The molecule has 2 nitrogen and oxygen atoms in total. The largest absolute Gasteiger partial charge is 0.310 e. The summed E-state index contributed by atoms with van der Waals surface area (Å²) in [6.07, 6.45) is 3.94. The van der Waals surface area contributed by atoms with E-state index in [9.17, 15) is 8.78 Å². The van der Waals surface area contributed by atoms with E-state index in [-0.39, 0.29) is 11.1 Å². The second-order valence-electron chi connectivity index (χ2n) is 4.82. The second-order valence-corrected chi connectivity index (χ2v) is 5.23. The van der Waals surface area contributed by atoms with Gasteiger partial charge in [-0.15, -0.1) is 0 Å². The molecule has 5 heteroatoms. The van der Waals surface area contributed by atoms with Gasteiger partial charge in [0.05, 0.1) is 11.2 Å². The van der Waals surface area contributed by atoms with Crippen LogP contribution in [0.1, 0.15) is 30.5 Å². The third kappa shape index (κ3) is 3.99. The van der Waals surface area contributed by atoms with Gasteiger partial charge in [0.25, 0.3) is 0 Å². The van der Waals surface area contributed by atoms with Gasteiger partial charge >= 0.3 is 0 Å². The van der Waals surface area contributed by atoms with Crippen molar-refractivity contribution in [3.8, 4) is 0 Å². The van der Waals surface area contributed by atoms with E-state index in [2.05, 4.69) is 10.3 Å².